The van der Waals surface area contributed by atoms with E-state index in [1.165, 1.54) is 0 Å². The molecule has 3 rings (SSSR count). The molecule has 1 fully saturated rings. The number of nitrogens with zero attached hydrogens (tertiary/aromatic N) is 1. The third-order valence-corrected chi connectivity index (χ3v) is 5.79. The quantitative estimate of drug-likeness (QED) is 0.373. The predicted molar refractivity (Wildman–Crippen MR) is 111 cm³/mol. The Hall–Kier alpha value is -1.20. The number of cyclic esters (lactones) is 1. The molecule has 0 aromatic heterocycles. The lowest BCUT2D eigenvalue weighted by Crippen LogP contribution is -2.61. The Kier molecular flexibility index (Phi) is 5.83. The Balaban J connectivity index is 1.65. The van der Waals surface area contributed by atoms with Crippen molar-refractivity contribution in [2.45, 2.75) is 37.9 Å². The minimum absolute atomic E-state index is 0.249. The van der Waals surface area contributed by atoms with Crippen molar-refractivity contribution in [2.24, 2.45) is 0 Å². The van der Waals surface area contributed by atoms with Crippen molar-refractivity contribution in [1.82, 2.24) is 10.2 Å². The molecular weight excluding hydrogens is 483 g/mol. The lowest BCUT2D eigenvalue weighted by molar-refractivity contribution is 0.0158. The standard InChI is InChI=1S/C18H23IN2O5S/c1-17(2,3)26-16(23)21-7-6-20-18(27,9-21)10-25-13-5-4-11-12(14(13)19)8-24-15(11)22/h4-5,20,27H,6-10H2,1-3H3/t18-/m0/s1. The van der Waals surface area contributed by atoms with Gasteiger partial charge in [0.2, 0.25) is 0 Å². The third-order valence-electron chi connectivity index (χ3n) is 4.18. The molecule has 0 unspecified atom stereocenters. The molecule has 1 N–H and O–H groups in total. The van der Waals surface area contributed by atoms with Gasteiger partial charge in [-0.2, -0.15) is 12.6 Å². The van der Waals surface area contributed by atoms with Gasteiger partial charge in [0.25, 0.3) is 0 Å². The van der Waals surface area contributed by atoms with Crippen LogP contribution in [0.5, 0.6) is 5.75 Å². The Labute approximate surface area is 177 Å². The van der Waals surface area contributed by atoms with Crippen LogP contribution in [0.15, 0.2) is 12.1 Å². The number of piperazine rings is 1. The molecule has 9 heteroatoms. The summed E-state index contributed by atoms with van der Waals surface area (Å²) >= 11 is 6.87. The minimum atomic E-state index is -0.705. The van der Waals surface area contributed by atoms with E-state index >= 15 is 0 Å². The third kappa shape index (κ3) is 4.80. The molecule has 148 valence electrons. The summed E-state index contributed by atoms with van der Waals surface area (Å²) in [5.74, 6) is 0.361. The zero-order chi connectivity index (χ0) is 19.8. The van der Waals surface area contributed by atoms with Gasteiger partial charge in [-0.05, 0) is 55.5 Å². The molecule has 1 amide bonds. The van der Waals surface area contributed by atoms with Crippen LogP contribution in [0.1, 0.15) is 36.7 Å². The second-order valence-corrected chi connectivity index (χ2v) is 9.56. The molecule has 1 aromatic carbocycles. The van der Waals surface area contributed by atoms with Gasteiger partial charge < -0.3 is 19.1 Å². The van der Waals surface area contributed by atoms with E-state index in [1.807, 2.05) is 20.8 Å². The van der Waals surface area contributed by atoms with Gasteiger partial charge in [-0.1, -0.05) is 0 Å². The molecule has 0 spiro atoms. The van der Waals surface area contributed by atoms with E-state index in [2.05, 4.69) is 27.9 Å². The number of fused-ring (bicyclic) bond motifs is 1. The fourth-order valence-electron chi connectivity index (χ4n) is 2.91. The maximum Gasteiger partial charge on any atom is 0.410 e. The molecule has 0 saturated carbocycles. The van der Waals surface area contributed by atoms with E-state index in [9.17, 15) is 9.59 Å². The molecule has 0 bridgehead atoms. The Morgan fingerprint density at radius 2 is 2.19 bits per heavy atom. The lowest BCUT2D eigenvalue weighted by atomic mass is 10.1. The number of thiol groups is 1. The largest absolute Gasteiger partial charge is 0.490 e. The first kappa shape index (κ1) is 20.5. The highest BCUT2D eigenvalue weighted by molar-refractivity contribution is 14.1. The second kappa shape index (κ2) is 7.67. The highest BCUT2D eigenvalue weighted by Crippen LogP contribution is 2.33. The smallest absolute Gasteiger partial charge is 0.410 e. The van der Waals surface area contributed by atoms with Crippen LogP contribution in [0.3, 0.4) is 0 Å². The summed E-state index contributed by atoms with van der Waals surface area (Å²) in [5, 5.41) is 3.30. The Bertz CT molecular complexity index is 767. The highest BCUT2D eigenvalue weighted by Gasteiger charge is 2.36. The van der Waals surface area contributed by atoms with Crippen LogP contribution < -0.4 is 10.1 Å². The average molecular weight is 506 g/mol. The van der Waals surface area contributed by atoms with Gasteiger partial charge in [-0.25, -0.2) is 9.59 Å². The summed E-state index contributed by atoms with van der Waals surface area (Å²) in [5.41, 5.74) is 0.884. The van der Waals surface area contributed by atoms with Crippen molar-refractivity contribution in [3.63, 3.8) is 0 Å². The van der Waals surface area contributed by atoms with Gasteiger partial charge in [0.1, 0.15) is 29.4 Å². The van der Waals surface area contributed by atoms with E-state index in [1.54, 1.807) is 17.0 Å². The maximum absolute atomic E-state index is 12.3. The monoisotopic (exact) mass is 506 g/mol. The van der Waals surface area contributed by atoms with Crippen LogP contribution in [-0.4, -0.2) is 53.7 Å². The molecule has 2 heterocycles. The summed E-state index contributed by atoms with van der Waals surface area (Å²) < 4.78 is 17.4. The first-order chi connectivity index (χ1) is 12.6. The van der Waals surface area contributed by atoms with Crippen LogP contribution >= 0.6 is 35.2 Å². The van der Waals surface area contributed by atoms with Gasteiger partial charge in [0.15, 0.2) is 0 Å². The molecule has 1 saturated heterocycles. The van der Waals surface area contributed by atoms with Crippen molar-refractivity contribution >= 4 is 47.3 Å². The van der Waals surface area contributed by atoms with Crippen LogP contribution in [-0.2, 0) is 16.1 Å². The van der Waals surface area contributed by atoms with Crippen molar-refractivity contribution in [3.8, 4) is 5.75 Å². The summed E-state index contributed by atoms with van der Waals surface area (Å²) in [6, 6.07) is 3.48. The molecule has 1 aromatic rings. The SMILES string of the molecule is CC(C)(C)OC(=O)N1CCN[C@@](S)(COc2ccc3c(c2I)COC3=O)C1. The number of benzene rings is 1. The zero-order valence-corrected chi connectivity index (χ0v) is 18.6. The van der Waals surface area contributed by atoms with Crippen LogP contribution in [0, 0.1) is 3.57 Å². The van der Waals surface area contributed by atoms with Crippen molar-refractivity contribution in [3.05, 3.63) is 26.8 Å². The fraction of sp³-hybridized carbons (Fsp3) is 0.556. The molecule has 1 atom stereocenters. The van der Waals surface area contributed by atoms with Gasteiger partial charge in [-0.15, -0.1) is 0 Å². The summed E-state index contributed by atoms with van der Waals surface area (Å²) in [4.78, 5) is 24.9. The lowest BCUT2D eigenvalue weighted by Gasteiger charge is -2.40. The summed E-state index contributed by atoms with van der Waals surface area (Å²) in [6.07, 6.45) is -0.356. The Morgan fingerprint density at radius 3 is 2.89 bits per heavy atom. The van der Waals surface area contributed by atoms with Gasteiger partial charge >= 0.3 is 12.1 Å². The number of rotatable bonds is 3. The number of carbonyl (C=O) groups excluding carboxylic acids is 2. The van der Waals surface area contributed by atoms with E-state index in [0.29, 0.717) is 30.9 Å². The molecule has 0 aliphatic carbocycles. The van der Waals surface area contributed by atoms with Gasteiger partial charge in [0.05, 0.1) is 15.7 Å². The average Bonchev–Trinajstić information content (AvgIpc) is 2.95. The minimum Gasteiger partial charge on any atom is -0.490 e. The zero-order valence-electron chi connectivity index (χ0n) is 15.5. The number of hydrogen-bond acceptors (Lipinski definition) is 7. The normalized spacial score (nSPS) is 22.3. The number of hydrogen-bond donors (Lipinski definition) is 2. The maximum atomic E-state index is 12.3. The van der Waals surface area contributed by atoms with Crippen molar-refractivity contribution < 1.29 is 23.8 Å². The van der Waals surface area contributed by atoms with Crippen LogP contribution in [0.25, 0.3) is 0 Å². The van der Waals surface area contributed by atoms with E-state index in [4.69, 9.17) is 26.8 Å². The Morgan fingerprint density at radius 1 is 1.44 bits per heavy atom. The molecule has 0 radical (unpaired) electrons. The number of esters is 1. The molecule has 2 aliphatic heterocycles. The molecule has 27 heavy (non-hydrogen) atoms. The van der Waals surface area contributed by atoms with E-state index in [0.717, 1.165) is 9.13 Å². The number of amides is 1. The van der Waals surface area contributed by atoms with Crippen LogP contribution in [0.2, 0.25) is 0 Å². The molecule has 2 aliphatic rings. The van der Waals surface area contributed by atoms with Crippen LogP contribution in [0.4, 0.5) is 4.79 Å². The van der Waals surface area contributed by atoms with Gasteiger partial charge in [-0.3, -0.25) is 5.32 Å². The topological polar surface area (TPSA) is 77.1 Å². The number of ether oxygens (including phenoxy) is 3. The number of carbonyl (C=O) groups is 2. The number of halogens is 1. The predicted octanol–water partition coefficient (Wildman–Crippen LogP) is 2.81. The first-order valence-corrected chi connectivity index (χ1v) is 10.2. The van der Waals surface area contributed by atoms with Crippen molar-refractivity contribution in [1.29, 1.82) is 0 Å². The fourth-order valence-corrected chi connectivity index (χ4v) is 4.04. The van der Waals surface area contributed by atoms with Gasteiger partial charge in [0, 0.05) is 18.7 Å². The summed E-state index contributed by atoms with van der Waals surface area (Å²) in [7, 11) is 0. The van der Waals surface area contributed by atoms with E-state index in [-0.39, 0.29) is 25.3 Å². The number of nitrogens with one attached hydrogen (secondary N) is 1. The molecule has 7 nitrogen and oxygen atoms in total. The first-order valence-electron chi connectivity index (χ1n) is 8.65. The highest BCUT2D eigenvalue weighted by atomic mass is 127. The molecular formula is C18H23IN2O5S. The summed E-state index contributed by atoms with van der Waals surface area (Å²) in [6.45, 7) is 7.54. The van der Waals surface area contributed by atoms with E-state index < -0.39 is 10.5 Å². The van der Waals surface area contributed by atoms with Crippen molar-refractivity contribution in [2.75, 3.05) is 26.2 Å². The second-order valence-electron chi connectivity index (χ2n) is 7.63.